The highest BCUT2D eigenvalue weighted by atomic mass is 16.3. The lowest BCUT2D eigenvalue weighted by molar-refractivity contribution is 0.0980. The number of carbonyl (C=O) groups excluding carboxylic acids is 2. The molecule has 0 saturated carbocycles. The van der Waals surface area contributed by atoms with Crippen LogP contribution in [0.3, 0.4) is 0 Å². The van der Waals surface area contributed by atoms with Crippen LogP contribution in [0, 0.1) is 6.92 Å². The first-order valence-electron chi connectivity index (χ1n) is 7.02. The fourth-order valence-corrected chi connectivity index (χ4v) is 2.87. The number of fused-ring (bicyclic) bond motifs is 2. The molecule has 0 aromatic heterocycles. The molecule has 0 saturated heterocycles. The van der Waals surface area contributed by atoms with E-state index in [4.69, 9.17) is 10.8 Å². The van der Waals surface area contributed by atoms with Crippen molar-refractivity contribution in [2.45, 2.75) is 6.92 Å². The van der Waals surface area contributed by atoms with Crippen LogP contribution >= 0.6 is 0 Å². The lowest BCUT2D eigenvalue weighted by atomic mass is 9.81. The molecule has 0 unspecified atom stereocenters. The molecule has 3 rings (SSSR count). The normalized spacial score (nSPS) is 12.8. The fraction of sp³-hybridized carbons (Fsp3) is 0.176. The summed E-state index contributed by atoms with van der Waals surface area (Å²) >= 11 is 0. The third-order valence-corrected chi connectivity index (χ3v) is 3.84. The maximum Gasteiger partial charge on any atom is 0.196 e. The van der Waals surface area contributed by atoms with E-state index in [2.05, 4.69) is 5.32 Å². The van der Waals surface area contributed by atoms with Crippen LogP contribution in [-0.2, 0) is 0 Å². The SMILES string of the molecule is Cc1cc(N)c2c(c1NCCO)C(=O)c1ccccc1C2=O. The fourth-order valence-electron chi connectivity index (χ4n) is 2.87. The molecule has 5 nitrogen and oxygen atoms in total. The summed E-state index contributed by atoms with van der Waals surface area (Å²) in [6, 6.07) is 8.42. The Morgan fingerprint density at radius 3 is 2.27 bits per heavy atom. The van der Waals surface area contributed by atoms with Crippen LogP contribution in [0.4, 0.5) is 11.4 Å². The van der Waals surface area contributed by atoms with Crippen LogP contribution < -0.4 is 11.1 Å². The zero-order valence-corrected chi connectivity index (χ0v) is 12.1. The highest BCUT2D eigenvalue weighted by molar-refractivity contribution is 6.32. The van der Waals surface area contributed by atoms with Crippen molar-refractivity contribution in [3.63, 3.8) is 0 Å². The van der Waals surface area contributed by atoms with Crippen LogP contribution in [0.15, 0.2) is 30.3 Å². The second kappa shape index (κ2) is 5.27. The van der Waals surface area contributed by atoms with Gasteiger partial charge in [-0.2, -0.15) is 0 Å². The number of aliphatic hydroxyl groups excluding tert-OH is 1. The third-order valence-electron chi connectivity index (χ3n) is 3.84. The molecule has 0 fully saturated rings. The number of hydrogen-bond acceptors (Lipinski definition) is 5. The minimum atomic E-state index is -0.241. The monoisotopic (exact) mass is 296 g/mol. The highest BCUT2D eigenvalue weighted by Crippen LogP contribution is 2.37. The van der Waals surface area contributed by atoms with Crippen LogP contribution in [0.1, 0.15) is 37.4 Å². The van der Waals surface area contributed by atoms with Crippen molar-refractivity contribution >= 4 is 22.9 Å². The number of anilines is 2. The van der Waals surface area contributed by atoms with Crippen molar-refractivity contribution in [3.05, 3.63) is 58.1 Å². The zero-order valence-electron chi connectivity index (χ0n) is 12.1. The number of ketones is 2. The van der Waals surface area contributed by atoms with Crippen LogP contribution in [0.5, 0.6) is 0 Å². The molecule has 2 aromatic carbocycles. The second-order valence-corrected chi connectivity index (χ2v) is 5.26. The summed E-state index contributed by atoms with van der Waals surface area (Å²) in [5.74, 6) is -0.462. The Balaban J connectivity index is 2.29. The highest BCUT2D eigenvalue weighted by Gasteiger charge is 2.33. The Kier molecular flexibility index (Phi) is 3.42. The number of benzene rings is 2. The van der Waals surface area contributed by atoms with E-state index in [0.717, 1.165) is 5.56 Å². The summed E-state index contributed by atoms with van der Waals surface area (Å²) in [6.07, 6.45) is 0. The first-order chi connectivity index (χ1) is 10.6. The van der Waals surface area contributed by atoms with Crippen LogP contribution in [-0.4, -0.2) is 29.8 Å². The Labute approximate surface area is 127 Å². The zero-order chi connectivity index (χ0) is 15.9. The van der Waals surface area contributed by atoms with Gasteiger partial charge in [0.15, 0.2) is 11.6 Å². The third kappa shape index (κ3) is 1.98. The van der Waals surface area contributed by atoms with E-state index in [9.17, 15) is 9.59 Å². The number of nitrogens with one attached hydrogen (secondary N) is 1. The largest absolute Gasteiger partial charge is 0.398 e. The molecular formula is C17H16N2O3. The summed E-state index contributed by atoms with van der Waals surface area (Å²) < 4.78 is 0. The Hall–Kier alpha value is -2.66. The Morgan fingerprint density at radius 2 is 1.68 bits per heavy atom. The summed E-state index contributed by atoms with van der Waals surface area (Å²) in [4.78, 5) is 25.5. The average molecular weight is 296 g/mol. The van der Waals surface area contributed by atoms with Crippen molar-refractivity contribution in [1.82, 2.24) is 0 Å². The quantitative estimate of drug-likeness (QED) is 0.640. The van der Waals surface area contributed by atoms with Gasteiger partial charge in [0, 0.05) is 29.0 Å². The minimum Gasteiger partial charge on any atom is -0.398 e. The first kappa shape index (κ1) is 14.3. The van der Waals surface area contributed by atoms with Crippen molar-refractivity contribution < 1.29 is 14.7 Å². The van der Waals surface area contributed by atoms with Crippen molar-refractivity contribution in [2.75, 3.05) is 24.2 Å². The molecule has 0 spiro atoms. The van der Waals surface area contributed by atoms with E-state index in [1.807, 2.05) is 6.92 Å². The van der Waals surface area contributed by atoms with E-state index in [1.54, 1.807) is 30.3 Å². The molecule has 112 valence electrons. The molecule has 5 heteroatoms. The maximum absolute atomic E-state index is 12.8. The van der Waals surface area contributed by atoms with E-state index >= 15 is 0 Å². The molecule has 0 amide bonds. The molecule has 1 aliphatic rings. The van der Waals surface area contributed by atoms with Crippen molar-refractivity contribution in [1.29, 1.82) is 0 Å². The molecule has 22 heavy (non-hydrogen) atoms. The number of nitrogens with two attached hydrogens (primary N) is 1. The van der Waals surface area contributed by atoms with Crippen molar-refractivity contribution in [3.8, 4) is 0 Å². The second-order valence-electron chi connectivity index (χ2n) is 5.26. The first-order valence-corrected chi connectivity index (χ1v) is 7.02. The maximum atomic E-state index is 12.8. The Bertz CT molecular complexity index is 797. The van der Waals surface area contributed by atoms with Gasteiger partial charge in [-0.1, -0.05) is 24.3 Å². The summed E-state index contributed by atoms with van der Waals surface area (Å²) in [5, 5.41) is 12.0. The summed E-state index contributed by atoms with van der Waals surface area (Å²) in [6.45, 7) is 2.03. The molecule has 0 bridgehead atoms. The topological polar surface area (TPSA) is 92.4 Å². The van der Waals surface area contributed by atoms with Gasteiger partial charge in [-0.05, 0) is 18.6 Å². The minimum absolute atomic E-state index is 0.0721. The van der Waals surface area contributed by atoms with Crippen LogP contribution in [0.25, 0.3) is 0 Å². The van der Waals surface area contributed by atoms with Gasteiger partial charge in [0.1, 0.15) is 0 Å². The predicted molar refractivity (Wildman–Crippen MR) is 84.5 cm³/mol. The lowest BCUT2D eigenvalue weighted by Gasteiger charge is -2.23. The number of aryl methyl sites for hydroxylation is 1. The number of rotatable bonds is 3. The molecule has 4 N–H and O–H groups in total. The number of nitrogen functional groups attached to an aromatic ring is 1. The summed E-state index contributed by atoms with van der Waals surface area (Å²) in [7, 11) is 0. The van der Waals surface area contributed by atoms with Gasteiger partial charge in [-0.15, -0.1) is 0 Å². The summed E-state index contributed by atoms with van der Waals surface area (Å²) in [5.41, 5.74) is 8.94. The van der Waals surface area contributed by atoms with Gasteiger partial charge >= 0.3 is 0 Å². The van der Waals surface area contributed by atoms with Gasteiger partial charge < -0.3 is 16.2 Å². The predicted octanol–water partition coefficient (Wildman–Crippen LogP) is 1.76. The molecule has 0 radical (unpaired) electrons. The van der Waals surface area contributed by atoms with Crippen molar-refractivity contribution in [2.24, 2.45) is 0 Å². The Morgan fingerprint density at radius 1 is 1.09 bits per heavy atom. The molecule has 0 atom stereocenters. The standard InChI is InChI=1S/C17H16N2O3/c1-9-8-12(18)13-14(15(9)19-6-7-20)17(22)11-5-3-2-4-10(11)16(13)21/h2-5,8,19-20H,6-7,18H2,1H3. The van der Waals surface area contributed by atoms with Gasteiger partial charge in [0.05, 0.1) is 17.7 Å². The lowest BCUT2D eigenvalue weighted by Crippen LogP contribution is -2.25. The number of aliphatic hydroxyl groups is 1. The molecule has 2 aromatic rings. The van der Waals surface area contributed by atoms with Gasteiger partial charge in [0.25, 0.3) is 0 Å². The van der Waals surface area contributed by atoms with E-state index in [1.165, 1.54) is 0 Å². The number of carbonyl (C=O) groups is 2. The van der Waals surface area contributed by atoms with Gasteiger partial charge in [-0.25, -0.2) is 0 Å². The molecule has 1 aliphatic carbocycles. The smallest absolute Gasteiger partial charge is 0.196 e. The van der Waals surface area contributed by atoms with E-state index < -0.39 is 0 Å². The molecular weight excluding hydrogens is 280 g/mol. The molecule has 0 heterocycles. The van der Waals surface area contributed by atoms with Gasteiger partial charge in [-0.3, -0.25) is 9.59 Å². The van der Waals surface area contributed by atoms with E-state index in [-0.39, 0.29) is 23.7 Å². The van der Waals surface area contributed by atoms with E-state index in [0.29, 0.717) is 34.6 Å². The van der Waals surface area contributed by atoms with Gasteiger partial charge in [0.2, 0.25) is 0 Å². The average Bonchev–Trinajstić information content (AvgIpc) is 2.51. The van der Waals surface area contributed by atoms with Crippen LogP contribution in [0.2, 0.25) is 0 Å². The molecule has 0 aliphatic heterocycles. The number of hydrogen-bond donors (Lipinski definition) is 3.